The van der Waals surface area contributed by atoms with Gasteiger partial charge < -0.3 is 23.5 Å². The fraction of sp³-hybridized carbons (Fsp3) is 0.700. The van der Waals surface area contributed by atoms with Crippen molar-refractivity contribution >= 4 is 36.2 Å². The van der Waals surface area contributed by atoms with Crippen molar-refractivity contribution in [1.29, 1.82) is 0 Å². The SMILES string of the molecule is CCCOc1nnc(S[C@@H](Cc2ccc(OC)c(C(=O)OC(C)(C)C)c2C)B2OC3CC4CC(C4(C)C)[C@]3(C)O2)s1. The van der Waals surface area contributed by atoms with Gasteiger partial charge in [0.15, 0.2) is 4.34 Å². The minimum Gasteiger partial charge on any atom is -0.496 e. The fourth-order valence-corrected chi connectivity index (χ4v) is 8.87. The summed E-state index contributed by atoms with van der Waals surface area (Å²) < 4.78 is 31.5. The van der Waals surface area contributed by atoms with Crippen LogP contribution < -0.4 is 9.47 Å². The Morgan fingerprint density at radius 3 is 2.66 bits per heavy atom. The minimum absolute atomic E-state index is 0.0690. The van der Waals surface area contributed by atoms with E-state index in [-0.39, 0.29) is 22.3 Å². The molecule has 0 spiro atoms. The Labute approximate surface area is 252 Å². The number of benzene rings is 1. The van der Waals surface area contributed by atoms with Gasteiger partial charge >= 0.3 is 13.1 Å². The van der Waals surface area contributed by atoms with E-state index in [1.54, 1.807) is 18.9 Å². The molecule has 3 saturated carbocycles. The molecule has 0 radical (unpaired) electrons. The number of hydrogen-bond acceptors (Lipinski definition) is 10. The first-order valence-electron chi connectivity index (χ1n) is 14.6. The summed E-state index contributed by atoms with van der Waals surface area (Å²) in [6, 6.07) is 3.87. The summed E-state index contributed by atoms with van der Waals surface area (Å²) in [6.07, 6.45) is 3.79. The van der Waals surface area contributed by atoms with Crippen LogP contribution >= 0.6 is 23.1 Å². The number of hydrogen-bond donors (Lipinski definition) is 0. The number of aromatic nitrogens is 2. The fourth-order valence-electron chi connectivity index (χ4n) is 6.79. The highest BCUT2D eigenvalue weighted by atomic mass is 32.2. The molecule has 5 atom stereocenters. The van der Waals surface area contributed by atoms with Crippen molar-refractivity contribution in [1.82, 2.24) is 10.2 Å². The highest BCUT2D eigenvalue weighted by Crippen LogP contribution is 2.66. The first-order valence-corrected chi connectivity index (χ1v) is 16.3. The van der Waals surface area contributed by atoms with Gasteiger partial charge in [-0.3, -0.25) is 0 Å². The van der Waals surface area contributed by atoms with E-state index in [0.717, 1.165) is 28.3 Å². The number of nitrogens with zero attached hydrogens (tertiary/aromatic N) is 2. The molecule has 3 aliphatic carbocycles. The van der Waals surface area contributed by atoms with E-state index in [0.29, 0.717) is 41.4 Å². The van der Waals surface area contributed by atoms with Gasteiger partial charge in [0.1, 0.15) is 16.9 Å². The number of carbonyl (C=O) groups is 1. The average molecular weight is 603 g/mol. The van der Waals surface area contributed by atoms with Crippen LogP contribution in [0.3, 0.4) is 0 Å². The highest BCUT2D eigenvalue weighted by Gasteiger charge is 2.68. The van der Waals surface area contributed by atoms with Crippen molar-refractivity contribution in [2.75, 3.05) is 13.7 Å². The number of methoxy groups -OCH3 is 1. The summed E-state index contributed by atoms with van der Waals surface area (Å²) in [4.78, 5) is 13.3. The maximum absolute atomic E-state index is 13.3. The van der Waals surface area contributed by atoms with Crippen LogP contribution in [0.4, 0.5) is 0 Å². The van der Waals surface area contributed by atoms with Gasteiger partial charge in [0.05, 0.1) is 30.6 Å². The van der Waals surface area contributed by atoms with Crippen LogP contribution in [-0.4, -0.2) is 59.5 Å². The molecular weight excluding hydrogens is 559 g/mol. The van der Waals surface area contributed by atoms with E-state index in [9.17, 15) is 4.79 Å². The van der Waals surface area contributed by atoms with E-state index in [2.05, 4.69) is 37.9 Å². The highest BCUT2D eigenvalue weighted by molar-refractivity contribution is 8.02. The van der Waals surface area contributed by atoms with Crippen molar-refractivity contribution in [3.05, 3.63) is 28.8 Å². The summed E-state index contributed by atoms with van der Waals surface area (Å²) >= 11 is 3.05. The van der Waals surface area contributed by atoms with Crippen molar-refractivity contribution in [3.63, 3.8) is 0 Å². The third kappa shape index (κ3) is 5.88. The number of carbonyl (C=O) groups excluding carboxylic acids is 1. The number of rotatable bonds is 10. The van der Waals surface area contributed by atoms with Crippen LogP contribution in [0, 0.1) is 24.2 Å². The molecular formula is C30H43BN2O6S2. The Morgan fingerprint density at radius 1 is 1.24 bits per heavy atom. The third-order valence-electron chi connectivity index (χ3n) is 9.13. The van der Waals surface area contributed by atoms with Crippen molar-refractivity contribution < 1.29 is 28.3 Å². The molecule has 2 heterocycles. The molecule has 4 aliphatic rings. The molecule has 3 unspecified atom stereocenters. The van der Waals surface area contributed by atoms with Gasteiger partial charge in [-0.1, -0.05) is 43.7 Å². The summed E-state index contributed by atoms with van der Waals surface area (Å²) in [6.45, 7) is 17.2. The Balaban J connectivity index is 1.45. The van der Waals surface area contributed by atoms with Crippen LogP contribution in [0.1, 0.15) is 89.2 Å². The molecule has 8 nitrogen and oxygen atoms in total. The van der Waals surface area contributed by atoms with Crippen molar-refractivity contribution in [2.24, 2.45) is 17.3 Å². The summed E-state index contributed by atoms with van der Waals surface area (Å²) in [5, 5.41) is 9.10. The lowest BCUT2D eigenvalue weighted by atomic mass is 9.43. The number of thioether (sulfide) groups is 1. The number of ether oxygens (including phenoxy) is 3. The van der Waals surface area contributed by atoms with Crippen molar-refractivity contribution in [2.45, 2.75) is 108 Å². The first-order chi connectivity index (χ1) is 19.3. The standard InChI is InChI=1S/C30H43BN2O6S2/c1-10-13-36-26-32-33-27(41-26)40-23(31-38-22-16-19-15-21(29(19,6)7)30(22,8)39-31)14-18-11-12-20(35-9)24(17(18)2)25(34)37-28(3,4)5/h11-12,19,21-23H,10,13-16H2,1-9H3/t19?,21?,22?,23-,30-/m0/s1. The van der Waals surface area contributed by atoms with E-state index >= 15 is 0 Å². The molecule has 1 aromatic carbocycles. The van der Waals surface area contributed by atoms with Gasteiger partial charge in [-0.15, -0.1) is 5.10 Å². The van der Waals surface area contributed by atoms with Gasteiger partial charge in [0.25, 0.3) is 5.19 Å². The zero-order valence-corrected chi connectivity index (χ0v) is 27.4. The molecule has 1 aromatic heterocycles. The number of esters is 1. The van der Waals surface area contributed by atoms with Crippen LogP contribution in [0.15, 0.2) is 16.5 Å². The predicted octanol–water partition coefficient (Wildman–Crippen LogP) is 6.57. The Kier molecular flexibility index (Phi) is 8.49. The van der Waals surface area contributed by atoms with Gasteiger partial charge in [0.2, 0.25) is 0 Å². The largest absolute Gasteiger partial charge is 0.496 e. The average Bonchev–Trinajstić information content (AvgIpc) is 3.49. The molecule has 1 aliphatic heterocycles. The normalized spacial score (nSPS) is 27.1. The maximum atomic E-state index is 13.3. The summed E-state index contributed by atoms with van der Waals surface area (Å²) in [5.74, 6) is 1.24. The van der Waals surface area contributed by atoms with Crippen LogP contribution in [-0.2, 0) is 20.5 Å². The lowest BCUT2D eigenvalue weighted by Gasteiger charge is -2.64. The predicted molar refractivity (Wildman–Crippen MR) is 162 cm³/mol. The molecule has 0 amide bonds. The molecule has 2 aromatic rings. The van der Waals surface area contributed by atoms with E-state index < -0.39 is 18.7 Å². The molecule has 2 bridgehead atoms. The Hall–Kier alpha value is -1.82. The van der Waals surface area contributed by atoms with E-state index in [1.807, 2.05) is 39.8 Å². The molecule has 6 rings (SSSR count). The Bertz CT molecular complexity index is 1280. The third-order valence-corrected chi connectivity index (χ3v) is 11.3. The second-order valence-corrected chi connectivity index (χ2v) is 15.7. The van der Waals surface area contributed by atoms with Crippen LogP contribution in [0.25, 0.3) is 0 Å². The quantitative estimate of drug-likeness (QED) is 0.170. The van der Waals surface area contributed by atoms with Crippen LogP contribution in [0.5, 0.6) is 10.9 Å². The molecule has 11 heteroatoms. The van der Waals surface area contributed by atoms with Crippen molar-refractivity contribution in [3.8, 4) is 10.9 Å². The van der Waals surface area contributed by atoms with Crippen LogP contribution in [0.2, 0.25) is 0 Å². The zero-order chi connectivity index (χ0) is 29.7. The maximum Gasteiger partial charge on any atom is 0.472 e. The second kappa shape index (κ2) is 11.4. The monoisotopic (exact) mass is 602 g/mol. The molecule has 4 fully saturated rings. The minimum atomic E-state index is -0.621. The molecule has 1 saturated heterocycles. The van der Waals surface area contributed by atoms with Gasteiger partial charge in [-0.05, 0) is 106 Å². The van der Waals surface area contributed by atoms with Gasteiger partial charge in [0, 0.05) is 0 Å². The summed E-state index contributed by atoms with van der Waals surface area (Å²) in [7, 11) is 1.14. The van der Waals surface area contributed by atoms with E-state index in [4.69, 9.17) is 23.5 Å². The lowest BCUT2D eigenvalue weighted by Crippen LogP contribution is -2.65. The smallest absolute Gasteiger partial charge is 0.472 e. The Morgan fingerprint density at radius 2 is 2.00 bits per heavy atom. The molecule has 41 heavy (non-hydrogen) atoms. The van der Waals surface area contributed by atoms with Gasteiger partial charge in [-0.25, -0.2) is 4.79 Å². The van der Waals surface area contributed by atoms with E-state index in [1.165, 1.54) is 17.8 Å². The summed E-state index contributed by atoms with van der Waals surface area (Å²) in [5.41, 5.74) is 1.60. The lowest BCUT2D eigenvalue weighted by molar-refractivity contribution is -0.199. The zero-order valence-electron chi connectivity index (χ0n) is 25.7. The second-order valence-electron chi connectivity index (χ2n) is 13.3. The molecule has 0 N–H and O–H groups in total. The first kappa shape index (κ1) is 30.6. The van der Waals surface area contributed by atoms with Gasteiger partial charge in [-0.2, -0.15) is 0 Å². The topological polar surface area (TPSA) is 89.0 Å². The molecule has 224 valence electrons.